The minimum Gasteiger partial charge on any atom is -0.391 e. The summed E-state index contributed by atoms with van der Waals surface area (Å²) in [6, 6.07) is 8.27. The number of rotatable bonds is 4. The van der Waals surface area contributed by atoms with E-state index in [9.17, 15) is 23.1 Å². The largest absolute Gasteiger partial charge is 0.391 e. The maximum absolute atomic E-state index is 14.1. The molecule has 132 valence electrons. The number of likely N-dealkylation sites (tertiary alicyclic amines) is 1. The van der Waals surface area contributed by atoms with Crippen LogP contribution in [0.3, 0.4) is 0 Å². The molecule has 0 saturated carbocycles. The SMILES string of the molecule is O=C(CCc1ccc(F)cc1)N1CC(O)CC1c1cc(F)ccc1F. The highest BCUT2D eigenvalue weighted by Crippen LogP contribution is 2.34. The number of β-amino-alcohol motifs (C(OH)–C–C–N with tert-alkyl or cyclic N) is 1. The average molecular weight is 349 g/mol. The predicted molar refractivity (Wildman–Crippen MR) is 86.2 cm³/mol. The van der Waals surface area contributed by atoms with Crippen LogP contribution in [0.25, 0.3) is 0 Å². The van der Waals surface area contributed by atoms with Crippen LogP contribution in [0.1, 0.15) is 30.0 Å². The first-order valence-corrected chi connectivity index (χ1v) is 8.11. The van der Waals surface area contributed by atoms with Gasteiger partial charge in [-0.1, -0.05) is 12.1 Å². The standard InChI is InChI=1S/C19H18F3NO2/c20-13-4-1-12(2-5-13)3-8-19(25)23-11-15(24)10-18(23)16-9-14(21)6-7-17(16)22/h1-2,4-7,9,15,18,24H,3,8,10-11H2. The van der Waals surface area contributed by atoms with Crippen molar-refractivity contribution < 1.29 is 23.1 Å². The summed E-state index contributed by atoms with van der Waals surface area (Å²) < 4.78 is 40.4. The monoisotopic (exact) mass is 349 g/mol. The number of halogens is 3. The van der Waals surface area contributed by atoms with Gasteiger partial charge in [0, 0.05) is 18.5 Å². The van der Waals surface area contributed by atoms with Crippen LogP contribution in [0, 0.1) is 17.5 Å². The van der Waals surface area contributed by atoms with Crippen LogP contribution in [0.4, 0.5) is 13.2 Å². The summed E-state index contributed by atoms with van der Waals surface area (Å²) in [6.45, 7) is 0.0862. The van der Waals surface area contributed by atoms with Gasteiger partial charge in [0.1, 0.15) is 17.5 Å². The molecule has 0 radical (unpaired) electrons. The number of aliphatic hydroxyl groups excluding tert-OH is 1. The average Bonchev–Trinajstić information content (AvgIpc) is 2.98. The Morgan fingerprint density at radius 2 is 1.76 bits per heavy atom. The zero-order chi connectivity index (χ0) is 18.0. The van der Waals surface area contributed by atoms with Crippen molar-refractivity contribution >= 4 is 5.91 Å². The van der Waals surface area contributed by atoms with E-state index in [4.69, 9.17) is 0 Å². The molecule has 1 N–H and O–H groups in total. The van der Waals surface area contributed by atoms with Crippen molar-refractivity contribution in [2.45, 2.75) is 31.4 Å². The summed E-state index contributed by atoms with van der Waals surface area (Å²) in [7, 11) is 0. The van der Waals surface area contributed by atoms with Gasteiger partial charge in [0.2, 0.25) is 5.91 Å². The zero-order valence-electron chi connectivity index (χ0n) is 13.5. The third-order valence-electron chi connectivity index (χ3n) is 4.46. The van der Waals surface area contributed by atoms with Crippen LogP contribution < -0.4 is 0 Å². The highest BCUT2D eigenvalue weighted by molar-refractivity contribution is 5.77. The van der Waals surface area contributed by atoms with Crippen LogP contribution >= 0.6 is 0 Å². The minimum absolute atomic E-state index is 0.0756. The molecule has 25 heavy (non-hydrogen) atoms. The van der Waals surface area contributed by atoms with Gasteiger partial charge >= 0.3 is 0 Å². The summed E-state index contributed by atoms with van der Waals surface area (Å²) >= 11 is 0. The molecular formula is C19H18F3NO2. The molecule has 3 rings (SSSR count). The van der Waals surface area contributed by atoms with E-state index < -0.39 is 23.8 Å². The Balaban J connectivity index is 1.73. The lowest BCUT2D eigenvalue weighted by atomic mass is 10.0. The number of nitrogens with zero attached hydrogens (tertiary/aromatic N) is 1. The number of hydrogen-bond donors (Lipinski definition) is 1. The number of aliphatic hydroxyl groups is 1. The molecule has 2 atom stereocenters. The number of carbonyl (C=O) groups is 1. The number of amides is 1. The molecule has 1 aliphatic rings. The quantitative estimate of drug-likeness (QED) is 0.919. The van der Waals surface area contributed by atoms with Crippen LogP contribution in [0.5, 0.6) is 0 Å². The van der Waals surface area contributed by atoms with Crippen molar-refractivity contribution in [2.75, 3.05) is 6.54 Å². The lowest BCUT2D eigenvalue weighted by Crippen LogP contribution is -2.32. The molecule has 1 aliphatic heterocycles. The molecule has 0 aromatic heterocycles. The van der Waals surface area contributed by atoms with E-state index in [0.29, 0.717) is 6.42 Å². The Hall–Kier alpha value is -2.34. The molecule has 1 fully saturated rings. The van der Waals surface area contributed by atoms with Gasteiger partial charge in [-0.15, -0.1) is 0 Å². The Bertz CT molecular complexity index is 764. The third-order valence-corrected chi connectivity index (χ3v) is 4.46. The van der Waals surface area contributed by atoms with Crippen LogP contribution in [-0.4, -0.2) is 28.6 Å². The minimum atomic E-state index is -0.776. The Labute approximate surface area is 143 Å². The van der Waals surface area contributed by atoms with Crippen molar-refractivity contribution in [1.82, 2.24) is 4.90 Å². The molecule has 1 saturated heterocycles. The van der Waals surface area contributed by atoms with Crippen molar-refractivity contribution in [3.8, 4) is 0 Å². The van der Waals surface area contributed by atoms with Crippen molar-refractivity contribution in [3.05, 3.63) is 71.0 Å². The van der Waals surface area contributed by atoms with Gasteiger partial charge in [0.15, 0.2) is 0 Å². The molecule has 2 aromatic rings. The lowest BCUT2D eigenvalue weighted by Gasteiger charge is -2.25. The molecular weight excluding hydrogens is 331 g/mol. The second-order valence-electron chi connectivity index (χ2n) is 6.24. The number of benzene rings is 2. The summed E-state index contributed by atoms with van der Waals surface area (Å²) in [5, 5.41) is 9.90. The topological polar surface area (TPSA) is 40.5 Å². The molecule has 6 heteroatoms. The van der Waals surface area contributed by atoms with E-state index in [1.165, 1.54) is 17.0 Å². The number of aryl methyl sites for hydroxylation is 1. The van der Waals surface area contributed by atoms with Gasteiger partial charge in [-0.25, -0.2) is 13.2 Å². The van der Waals surface area contributed by atoms with E-state index in [1.807, 2.05) is 0 Å². The first-order valence-electron chi connectivity index (χ1n) is 8.11. The fourth-order valence-electron chi connectivity index (χ4n) is 3.20. The maximum atomic E-state index is 14.1. The van der Waals surface area contributed by atoms with Gasteiger partial charge in [0.05, 0.1) is 12.1 Å². The van der Waals surface area contributed by atoms with Crippen molar-refractivity contribution in [3.63, 3.8) is 0 Å². The first-order chi connectivity index (χ1) is 11.9. The Kier molecular flexibility index (Phi) is 5.08. The Morgan fingerprint density at radius 3 is 2.48 bits per heavy atom. The molecule has 1 amide bonds. The molecule has 2 unspecified atom stereocenters. The molecule has 1 heterocycles. The predicted octanol–water partition coefficient (Wildman–Crippen LogP) is 3.37. The number of hydrogen-bond acceptors (Lipinski definition) is 2. The molecule has 0 aliphatic carbocycles. The van der Waals surface area contributed by atoms with Gasteiger partial charge in [-0.3, -0.25) is 4.79 Å². The second-order valence-corrected chi connectivity index (χ2v) is 6.24. The summed E-state index contributed by atoms with van der Waals surface area (Å²) in [5.41, 5.74) is 0.884. The highest BCUT2D eigenvalue weighted by Gasteiger charge is 2.36. The molecule has 0 spiro atoms. The first kappa shape index (κ1) is 17.5. The van der Waals surface area contributed by atoms with Crippen LogP contribution in [0.15, 0.2) is 42.5 Å². The van der Waals surface area contributed by atoms with E-state index in [0.717, 1.165) is 23.8 Å². The smallest absolute Gasteiger partial charge is 0.223 e. The van der Waals surface area contributed by atoms with Crippen LogP contribution in [-0.2, 0) is 11.2 Å². The van der Waals surface area contributed by atoms with Gasteiger partial charge in [0.25, 0.3) is 0 Å². The zero-order valence-corrected chi connectivity index (χ0v) is 13.5. The van der Waals surface area contributed by atoms with E-state index >= 15 is 0 Å². The molecule has 0 bridgehead atoms. The maximum Gasteiger partial charge on any atom is 0.223 e. The van der Waals surface area contributed by atoms with Crippen molar-refractivity contribution in [1.29, 1.82) is 0 Å². The normalized spacial score (nSPS) is 20.1. The van der Waals surface area contributed by atoms with Gasteiger partial charge in [-0.2, -0.15) is 0 Å². The second kappa shape index (κ2) is 7.27. The summed E-state index contributed by atoms with van der Waals surface area (Å²) in [4.78, 5) is 13.9. The Morgan fingerprint density at radius 1 is 1.08 bits per heavy atom. The summed E-state index contributed by atoms with van der Waals surface area (Å²) in [5.74, 6) is -1.79. The van der Waals surface area contributed by atoms with Crippen molar-refractivity contribution in [2.24, 2.45) is 0 Å². The fraction of sp³-hybridized carbons (Fsp3) is 0.316. The fourth-order valence-corrected chi connectivity index (χ4v) is 3.20. The van der Waals surface area contributed by atoms with E-state index in [1.54, 1.807) is 12.1 Å². The van der Waals surface area contributed by atoms with Gasteiger partial charge < -0.3 is 10.0 Å². The van der Waals surface area contributed by atoms with E-state index in [2.05, 4.69) is 0 Å². The highest BCUT2D eigenvalue weighted by atomic mass is 19.1. The van der Waals surface area contributed by atoms with Crippen LogP contribution in [0.2, 0.25) is 0 Å². The molecule has 2 aromatic carbocycles. The summed E-state index contributed by atoms with van der Waals surface area (Å²) in [6.07, 6.45) is -0.0548. The lowest BCUT2D eigenvalue weighted by molar-refractivity contribution is -0.132. The van der Waals surface area contributed by atoms with E-state index in [-0.39, 0.29) is 36.7 Å². The third kappa shape index (κ3) is 4.02. The number of carbonyl (C=O) groups excluding carboxylic acids is 1. The van der Waals surface area contributed by atoms with Gasteiger partial charge in [-0.05, 0) is 48.7 Å². The molecule has 3 nitrogen and oxygen atoms in total.